The fourth-order valence-corrected chi connectivity index (χ4v) is 3.11. The van der Waals surface area contributed by atoms with Crippen LogP contribution in [0.3, 0.4) is 0 Å². The van der Waals surface area contributed by atoms with E-state index in [4.69, 9.17) is 4.74 Å². The molecule has 0 bridgehead atoms. The molecule has 2 rings (SSSR count). The van der Waals surface area contributed by atoms with Gasteiger partial charge in [0.2, 0.25) is 5.88 Å². The van der Waals surface area contributed by atoms with Crippen LogP contribution in [0.1, 0.15) is 5.82 Å². The minimum Gasteiger partial charge on any atom is -0.481 e. The highest BCUT2D eigenvalue weighted by molar-refractivity contribution is 7.86. The average Bonchev–Trinajstić information content (AvgIpc) is 2.83. The Kier molecular flexibility index (Phi) is 3.63. The second kappa shape index (κ2) is 5.18. The summed E-state index contributed by atoms with van der Waals surface area (Å²) in [4.78, 5) is 8.18. The van der Waals surface area contributed by atoms with E-state index in [0.717, 1.165) is 4.21 Å². The smallest absolute Gasteiger partial charge is 0.216 e. The van der Waals surface area contributed by atoms with Crippen LogP contribution in [0.4, 0.5) is 0 Å². The summed E-state index contributed by atoms with van der Waals surface area (Å²) < 4.78 is 17.7. The van der Waals surface area contributed by atoms with Crippen LogP contribution >= 0.6 is 11.3 Å². The van der Waals surface area contributed by atoms with Crippen molar-refractivity contribution in [1.82, 2.24) is 9.97 Å². The molecule has 0 saturated heterocycles. The summed E-state index contributed by atoms with van der Waals surface area (Å²) in [7, 11) is 0.468. The summed E-state index contributed by atoms with van der Waals surface area (Å²) in [5.41, 5.74) is 0. The van der Waals surface area contributed by atoms with E-state index in [2.05, 4.69) is 9.97 Å². The molecule has 16 heavy (non-hydrogen) atoms. The summed E-state index contributed by atoms with van der Waals surface area (Å²) in [5.74, 6) is 1.34. The van der Waals surface area contributed by atoms with Gasteiger partial charge in [0.1, 0.15) is 5.82 Å². The Labute approximate surface area is 99.8 Å². The van der Waals surface area contributed by atoms with Crippen LogP contribution in [-0.4, -0.2) is 21.3 Å². The van der Waals surface area contributed by atoms with E-state index in [-0.39, 0.29) is 0 Å². The molecule has 2 heterocycles. The van der Waals surface area contributed by atoms with Gasteiger partial charge < -0.3 is 4.74 Å². The van der Waals surface area contributed by atoms with Gasteiger partial charge in [0, 0.05) is 12.3 Å². The molecular formula is C10H10N2O2S2. The van der Waals surface area contributed by atoms with E-state index >= 15 is 0 Å². The van der Waals surface area contributed by atoms with Crippen molar-refractivity contribution >= 4 is 22.1 Å². The first-order chi connectivity index (χ1) is 7.79. The van der Waals surface area contributed by atoms with Crippen LogP contribution in [0, 0.1) is 0 Å². The molecule has 0 spiro atoms. The Morgan fingerprint density at radius 1 is 1.50 bits per heavy atom. The number of hydrogen-bond acceptors (Lipinski definition) is 5. The second-order valence-electron chi connectivity index (χ2n) is 2.94. The monoisotopic (exact) mass is 254 g/mol. The van der Waals surface area contributed by atoms with Crippen molar-refractivity contribution in [2.45, 2.75) is 9.96 Å². The summed E-state index contributed by atoms with van der Waals surface area (Å²) in [5, 5.41) is 1.90. The third-order valence-corrected chi connectivity index (χ3v) is 4.48. The molecule has 4 nitrogen and oxygen atoms in total. The molecule has 0 radical (unpaired) electrons. The van der Waals surface area contributed by atoms with Gasteiger partial charge in [-0.2, -0.15) is 4.98 Å². The summed E-state index contributed by atoms with van der Waals surface area (Å²) >= 11 is 1.47. The van der Waals surface area contributed by atoms with Gasteiger partial charge in [0.15, 0.2) is 0 Å². The topological polar surface area (TPSA) is 52.1 Å². The van der Waals surface area contributed by atoms with Crippen LogP contribution in [0.15, 0.2) is 34.0 Å². The predicted molar refractivity (Wildman–Crippen MR) is 63.0 cm³/mol. The molecular weight excluding hydrogens is 244 g/mol. The molecule has 2 aromatic rings. The van der Waals surface area contributed by atoms with Crippen LogP contribution < -0.4 is 4.74 Å². The normalized spacial score (nSPS) is 12.3. The molecule has 0 fully saturated rings. The Bertz CT molecular complexity index is 485. The van der Waals surface area contributed by atoms with Crippen molar-refractivity contribution < 1.29 is 8.95 Å². The van der Waals surface area contributed by atoms with Crippen molar-refractivity contribution in [1.29, 1.82) is 0 Å². The lowest BCUT2D eigenvalue weighted by Crippen LogP contribution is -2.01. The summed E-state index contributed by atoms with van der Waals surface area (Å²) in [6.45, 7) is 0. The van der Waals surface area contributed by atoms with E-state index in [1.165, 1.54) is 11.3 Å². The fraction of sp³-hybridized carbons (Fsp3) is 0.200. The fourth-order valence-electron chi connectivity index (χ4n) is 1.15. The van der Waals surface area contributed by atoms with Crippen molar-refractivity contribution in [3.05, 3.63) is 35.6 Å². The standard InChI is InChI=1S/C10H10N2O2S2/c1-14-9-4-5-11-8(12-9)7-16(13)10-3-2-6-15-10/h2-6H,7H2,1H3. The minimum absolute atomic E-state index is 0.317. The molecule has 0 amide bonds. The van der Waals surface area contributed by atoms with Gasteiger partial charge in [-0.3, -0.25) is 4.21 Å². The minimum atomic E-state index is -1.08. The first-order valence-electron chi connectivity index (χ1n) is 4.57. The third-order valence-electron chi connectivity index (χ3n) is 1.87. The zero-order chi connectivity index (χ0) is 11.4. The van der Waals surface area contributed by atoms with Gasteiger partial charge in [-0.25, -0.2) is 4.98 Å². The van der Waals surface area contributed by atoms with Gasteiger partial charge in [-0.15, -0.1) is 11.3 Å². The lowest BCUT2D eigenvalue weighted by atomic mass is 10.6. The molecule has 6 heteroatoms. The van der Waals surface area contributed by atoms with E-state index in [1.807, 2.05) is 17.5 Å². The molecule has 0 aliphatic carbocycles. The number of methoxy groups -OCH3 is 1. The van der Waals surface area contributed by atoms with Crippen LogP contribution in [0.5, 0.6) is 5.88 Å². The number of thiophene rings is 1. The molecule has 1 atom stereocenters. The molecule has 0 aliphatic heterocycles. The zero-order valence-corrected chi connectivity index (χ0v) is 10.3. The van der Waals surface area contributed by atoms with Gasteiger partial charge in [0.05, 0.1) is 27.9 Å². The molecule has 0 aliphatic rings. The Balaban J connectivity index is 2.12. The number of hydrogen-bond donors (Lipinski definition) is 0. The second-order valence-corrected chi connectivity index (χ2v) is 5.56. The predicted octanol–water partition coefficient (Wildman–Crippen LogP) is 1.85. The average molecular weight is 254 g/mol. The van der Waals surface area contributed by atoms with Crippen molar-refractivity contribution in [2.24, 2.45) is 0 Å². The lowest BCUT2D eigenvalue weighted by Gasteiger charge is -2.01. The van der Waals surface area contributed by atoms with E-state index < -0.39 is 10.8 Å². The largest absolute Gasteiger partial charge is 0.481 e. The maximum Gasteiger partial charge on any atom is 0.216 e. The Morgan fingerprint density at radius 2 is 2.38 bits per heavy atom. The van der Waals surface area contributed by atoms with E-state index in [9.17, 15) is 4.21 Å². The SMILES string of the molecule is COc1ccnc(CS(=O)c2cccs2)n1. The molecule has 84 valence electrons. The Morgan fingerprint density at radius 3 is 3.06 bits per heavy atom. The number of ether oxygens (including phenoxy) is 1. The molecule has 0 aromatic carbocycles. The van der Waals surface area contributed by atoms with E-state index in [0.29, 0.717) is 17.5 Å². The molecule has 0 N–H and O–H groups in total. The van der Waals surface area contributed by atoms with Crippen LogP contribution in [0.2, 0.25) is 0 Å². The molecule has 2 aromatic heterocycles. The van der Waals surface area contributed by atoms with Crippen molar-refractivity contribution in [2.75, 3.05) is 7.11 Å². The van der Waals surface area contributed by atoms with Crippen molar-refractivity contribution in [3.63, 3.8) is 0 Å². The van der Waals surface area contributed by atoms with Crippen molar-refractivity contribution in [3.8, 4) is 5.88 Å². The maximum atomic E-state index is 11.9. The number of nitrogens with zero attached hydrogens (tertiary/aromatic N) is 2. The quantitative estimate of drug-likeness (QED) is 0.835. The lowest BCUT2D eigenvalue weighted by molar-refractivity contribution is 0.395. The number of rotatable bonds is 4. The Hall–Kier alpha value is -1.27. The molecule has 1 unspecified atom stereocenters. The first kappa shape index (κ1) is 11.2. The summed E-state index contributed by atoms with van der Waals surface area (Å²) in [6, 6.07) is 5.39. The maximum absolute atomic E-state index is 11.9. The van der Waals surface area contributed by atoms with Crippen LogP contribution in [-0.2, 0) is 16.6 Å². The third kappa shape index (κ3) is 2.65. The summed E-state index contributed by atoms with van der Waals surface area (Å²) in [6.07, 6.45) is 1.60. The van der Waals surface area contributed by atoms with Gasteiger partial charge in [-0.05, 0) is 11.4 Å². The van der Waals surface area contributed by atoms with Gasteiger partial charge in [0.25, 0.3) is 0 Å². The zero-order valence-electron chi connectivity index (χ0n) is 8.62. The van der Waals surface area contributed by atoms with E-state index in [1.54, 1.807) is 19.4 Å². The highest BCUT2D eigenvalue weighted by Gasteiger charge is 2.08. The first-order valence-corrected chi connectivity index (χ1v) is 6.77. The van der Waals surface area contributed by atoms with Crippen LogP contribution in [0.25, 0.3) is 0 Å². The van der Waals surface area contributed by atoms with Gasteiger partial charge in [-0.1, -0.05) is 6.07 Å². The van der Waals surface area contributed by atoms with Gasteiger partial charge >= 0.3 is 0 Å². The number of aromatic nitrogens is 2. The highest BCUT2D eigenvalue weighted by atomic mass is 32.2. The molecule has 0 saturated carbocycles. The highest BCUT2D eigenvalue weighted by Crippen LogP contribution is 2.16.